The molecule has 7 heteroatoms. The van der Waals surface area contributed by atoms with Crippen LogP contribution in [0, 0.1) is 10.1 Å². The second kappa shape index (κ2) is 5.03. The van der Waals surface area contributed by atoms with Crippen LogP contribution in [0.2, 0.25) is 0 Å². The van der Waals surface area contributed by atoms with Crippen LogP contribution >= 0.6 is 15.9 Å². The fourth-order valence-corrected chi connectivity index (χ4v) is 2.70. The Kier molecular flexibility index (Phi) is 3.66. The van der Waals surface area contributed by atoms with Crippen LogP contribution in [-0.2, 0) is 6.54 Å². The normalized spacial score (nSPS) is 15.5. The number of nitrogens with zero attached hydrogens (tertiary/aromatic N) is 4. The fourth-order valence-electron chi connectivity index (χ4n) is 2.18. The molecular formula is C10H15BrN4O2. The zero-order chi connectivity index (χ0) is 12.4. The number of halogens is 1. The van der Waals surface area contributed by atoms with E-state index in [4.69, 9.17) is 0 Å². The molecule has 0 amide bonds. The lowest BCUT2D eigenvalue weighted by Gasteiger charge is -2.17. The molecule has 1 aromatic rings. The van der Waals surface area contributed by atoms with Crippen LogP contribution in [0.5, 0.6) is 0 Å². The third-order valence-electron chi connectivity index (χ3n) is 2.88. The minimum atomic E-state index is -0.350. The van der Waals surface area contributed by atoms with Gasteiger partial charge in [0.25, 0.3) is 0 Å². The standard InChI is InChI=1S/C10H15BrN4O2/c1-2-5-14-10(13-6-3-4-7-13)8(15(16)17)9(11)12-14/h2-7H2,1H3. The maximum Gasteiger partial charge on any atom is 0.345 e. The van der Waals surface area contributed by atoms with Crippen LogP contribution in [0.3, 0.4) is 0 Å². The molecule has 0 aliphatic carbocycles. The zero-order valence-corrected chi connectivity index (χ0v) is 11.3. The van der Waals surface area contributed by atoms with E-state index >= 15 is 0 Å². The van der Waals surface area contributed by atoms with Crippen LogP contribution in [0.1, 0.15) is 26.2 Å². The van der Waals surface area contributed by atoms with Gasteiger partial charge in [0.05, 0.1) is 4.92 Å². The maximum absolute atomic E-state index is 11.1. The first-order valence-corrected chi connectivity index (χ1v) is 6.60. The van der Waals surface area contributed by atoms with Gasteiger partial charge in [-0.05, 0) is 35.2 Å². The van der Waals surface area contributed by atoms with Crippen molar-refractivity contribution in [3.8, 4) is 0 Å². The van der Waals surface area contributed by atoms with Gasteiger partial charge >= 0.3 is 5.69 Å². The van der Waals surface area contributed by atoms with Gasteiger partial charge in [0, 0.05) is 19.6 Å². The van der Waals surface area contributed by atoms with E-state index < -0.39 is 0 Å². The summed E-state index contributed by atoms with van der Waals surface area (Å²) >= 11 is 3.19. The van der Waals surface area contributed by atoms with Gasteiger partial charge in [0.2, 0.25) is 10.4 Å². The molecule has 0 bridgehead atoms. The molecule has 1 fully saturated rings. The molecule has 1 saturated heterocycles. The maximum atomic E-state index is 11.1. The van der Waals surface area contributed by atoms with Crippen molar-refractivity contribution >= 4 is 27.4 Å². The molecule has 1 aromatic heterocycles. The topological polar surface area (TPSA) is 64.2 Å². The molecule has 1 aliphatic rings. The average Bonchev–Trinajstić information content (AvgIpc) is 2.85. The SMILES string of the molecule is CCCn1nc(Br)c([N+](=O)[O-])c1N1CCCC1. The highest BCUT2D eigenvalue weighted by Gasteiger charge is 2.31. The summed E-state index contributed by atoms with van der Waals surface area (Å²) in [6.07, 6.45) is 3.09. The molecule has 2 rings (SSSR count). The minimum absolute atomic E-state index is 0.0975. The molecule has 0 atom stereocenters. The average molecular weight is 303 g/mol. The van der Waals surface area contributed by atoms with Gasteiger partial charge in [-0.25, -0.2) is 4.68 Å². The summed E-state index contributed by atoms with van der Waals surface area (Å²) in [5, 5.41) is 15.3. The molecule has 0 spiro atoms. The second-order valence-electron chi connectivity index (χ2n) is 4.14. The number of aromatic nitrogens is 2. The minimum Gasteiger partial charge on any atom is -0.351 e. The molecule has 1 aliphatic heterocycles. The number of aryl methyl sites for hydroxylation is 1. The van der Waals surface area contributed by atoms with Crippen molar-refractivity contribution in [1.29, 1.82) is 0 Å². The highest BCUT2D eigenvalue weighted by molar-refractivity contribution is 9.10. The first-order valence-electron chi connectivity index (χ1n) is 5.80. The molecule has 6 nitrogen and oxygen atoms in total. The Morgan fingerprint density at radius 1 is 1.47 bits per heavy atom. The highest BCUT2D eigenvalue weighted by atomic mass is 79.9. The number of anilines is 1. The van der Waals surface area contributed by atoms with Gasteiger partial charge < -0.3 is 4.90 Å². The van der Waals surface area contributed by atoms with Crippen molar-refractivity contribution in [3.63, 3.8) is 0 Å². The van der Waals surface area contributed by atoms with Crippen LogP contribution < -0.4 is 4.90 Å². The van der Waals surface area contributed by atoms with Gasteiger partial charge in [0.1, 0.15) is 0 Å². The summed E-state index contributed by atoms with van der Waals surface area (Å²) in [6, 6.07) is 0. The quantitative estimate of drug-likeness (QED) is 0.633. The van der Waals surface area contributed by atoms with E-state index in [-0.39, 0.29) is 10.6 Å². The lowest BCUT2D eigenvalue weighted by Crippen LogP contribution is -2.22. The predicted molar refractivity (Wildman–Crippen MR) is 68.3 cm³/mol. The van der Waals surface area contributed by atoms with Crippen molar-refractivity contribution < 1.29 is 4.92 Å². The third-order valence-corrected chi connectivity index (χ3v) is 3.42. The van der Waals surface area contributed by atoms with Crippen LogP contribution in [0.25, 0.3) is 0 Å². The van der Waals surface area contributed by atoms with E-state index in [1.807, 2.05) is 6.92 Å². The van der Waals surface area contributed by atoms with Crippen LogP contribution in [0.4, 0.5) is 11.5 Å². The Hall–Kier alpha value is -1.11. The fraction of sp³-hybridized carbons (Fsp3) is 0.700. The van der Waals surface area contributed by atoms with Gasteiger partial charge in [0.15, 0.2) is 0 Å². The van der Waals surface area contributed by atoms with E-state index in [9.17, 15) is 10.1 Å². The molecule has 0 saturated carbocycles. The van der Waals surface area contributed by atoms with Gasteiger partial charge in [-0.2, -0.15) is 5.10 Å². The summed E-state index contributed by atoms with van der Waals surface area (Å²) in [5.74, 6) is 0.654. The zero-order valence-electron chi connectivity index (χ0n) is 9.73. The lowest BCUT2D eigenvalue weighted by molar-refractivity contribution is -0.385. The van der Waals surface area contributed by atoms with Gasteiger partial charge in [-0.3, -0.25) is 10.1 Å². The van der Waals surface area contributed by atoms with E-state index in [2.05, 4.69) is 25.9 Å². The Balaban J connectivity index is 2.46. The van der Waals surface area contributed by atoms with Crippen molar-refractivity contribution in [2.24, 2.45) is 0 Å². The largest absolute Gasteiger partial charge is 0.351 e. The smallest absolute Gasteiger partial charge is 0.345 e. The molecule has 0 radical (unpaired) electrons. The van der Waals surface area contributed by atoms with Crippen LogP contribution in [0.15, 0.2) is 4.60 Å². The first kappa shape index (κ1) is 12.3. The van der Waals surface area contributed by atoms with Gasteiger partial charge in [-0.15, -0.1) is 0 Å². The summed E-state index contributed by atoms with van der Waals surface area (Å²) in [7, 11) is 0. The van der Waals surface area contributed by atoms with Gasteiger partial charge in [-0.1, -0.05) is 6.92 Å². The Morgan fingerprint density at radius 3 is 2.65 bits per heavy atom. The van der Waals surface area contributed by atoms with E-state index in [1.54, 1.807) is 4.68 Å². The van der Waals surface area contributed by atoms with Crippen molar-refractivity contribution in [2.75, 3.05) is 18.0 Å². The number of hydrogen-bond acceptors (Lipinski definition) is 4. The Labute approximate surface area is 108 Å². The second-order valence-corrected chi connectivity index (χ2v) is 4.89. The molecule has 94 valence electrons. The van der Waals surface area contributed by atoms with Crippen LogP contribution in [-0.4, -0.2) is 27.8 Å². The molecule has 0 unspecified atom stereocenters. The lowest BCUT2D eigenvalue weighted by atomic mass is 10.4. The molecule has 2 heterocycles. The highest BCUT2D eigenvalue weighted by Crippen LogP contribution is 2.36. The first-order chi connectivity index (χ1) is 8.15. The summed E-state index contributed by atoms with van der Waals surface area (Å²) in [4.78, 5) is 12.8. The van der Waals surface area contributed by atoms with E-state index in [1.165, 1.54) is 0 Å². The number of hydrogen-bond donors (Lipinski definition) is 0. The van der Waals surface area contributed by atoms with E-state index in [0.29, 0.717) is 17.0 Å². The van der Waals surface area contributed by atoms with Crippen molar-refractivity contribution in [3.05, 3.63) is 14.7 Å². The molecule has 17 heavy (non-hydrogen) atoms. The van der Waals surface area contributed by atoms with Crippen molar-refractivity contribution in [1.82, 2.24) is 9.78 Å². The van der Waals surface area contributed by atoms with Crippen molar-refractivity contribution in [2.45, 2.75) is 32.7 Å². The van der Waals surface area contributed by atoms with E-state index in [0.717, 1.165) is 32.4 Å². The Morgan fingerprint density at radius 2 is 2.12 bits per heavy atom. The monoisotopic (exact) mass is 302 g/mol. The summed E-state index contributed by atoms with van der Waals surface area (Å²) in [6.45, 7) is 4.50. The predicted octanol–water partition coefficient (Wildman–Crippen LogP) is 2.56. The molecule has 0 N–H and O–H groups in total. The molecule has 0 aromatic carbocycles. The Bertz CT molecular complexity index is 426. The third kappa shape index (κ3) is 2.29. The number of nitro groups is 1. The number of rotatable bonds is 4. The molecular weight excluding hydrogens is 288 g/mol. The summed E-state index contributed by atoms with van der Waals surface area (Å²) in [5.41, 5.74) is 0.0975. The summed E-state index contributed by atoms with van der Waals surface area (Å²) < 4.78 is 2.07.